The molecule has 0 fully saturated rings. The number of anilines is 1. The molecule has 31 heavy (non-hydrogen) atoms. The van der Waals surface area contributed by atoms with Crippen molar-refractivity contribution in [1.82, 2.24) is 5.43 Å². The number of carbonyl (C=O) groups is 3. The standard InChI is InChI=1S/C21H22ClN3O5S/c1-3-30-21(29)17-14-6-4-11(2)8-16(14)31-20(17)24-18(27)19(28)25-23-10-12-9-13(22)5-7-15(12)26/h5,7,9-11,26H,3-4,6,8H2,1-2H3,(H,24,27)(H,25,28)/b23-10-/t11-/m0/s1. The van der Waals surface area contributed by atoms with E-state index in [2.05, 4.69) is 22.8 Å². The molecule has 1 heterocycles. The first-order chi connectivity index (χ1) is 14.8. The molecule has 0 saturated carbocycles. The van der Waals surface area contributed by atoms with Crippen molar-refractivity contribution >= 4 is 51.9 Å². The Bertz CT molecular complexity index is 1050. The average molecular weight is 464 g/mol. The molecule has 0 unspecified atom stereocenters. The Balaban J connectivity index is 1.73. The van der Waals surface area contributed by atoms with Crippen molar-refractivity contribution in [3.8, 4) is 5.75 Å². The lowest BCUT2D eigenvalue weighted by Gasteiger charge is -2.18. The number of nitrogens with zero attached hydrogens (tertiary/aromatic N) is 1. The maximum Gasteiger partial charge on any atom is 0.341 e. The van der Waals surface area contributed by atoms with E-state index in [1.807, 2.05) is 0 Å². The molecule has 1 atom stereocenters. The van der Waals surface area contributed by atoms with Crippen LogP contribution in [-0.2, 0) is 27.2 Å². The average Bonchev–Trinajstić information content (AvgIpc) is 3.07. The van der Waals surface area contributed by atoms with Gasteiger partial charge in [-0.3, -0.25) is 9.59 Å². The SMILES string of the molecule is CCOC(=O)c1c(NC(=O)C(=O)N/N=C\c2cc(Cl)ccc2O)sc2c1CC[C@H](C)C2. The summed E-state index contributed by atoms with van der Waals surface area (Å²) in [5.74, 6) is -2.11. The lowest BCUT2D eigenvalue weighted by atomic mass is 9.88. The van der Waals surface area contributed by atoms with Crippen LogP contribution in [0.5, 0.6) is 5.75 Å². The number of amides is 2. The molecule has 1 aliphatic rings. The fraction of sp³-hybridized carbons (Fsp3) is 0.333. The largest absolute Gasteiger partial charge is 0.507 e. The zero-order valence-electron chi connectivity index (χ0n) is 17.0. The molecule has 1 aromatic carbocycles. The number of benzene rings is 1. The van der Waals surface area contributed by atoms with Gasteiger partial charge in [0.2, 0.25) is 0 Å². The van der Waals surface area contributed by atoms with Gasteiger partial charge in [0.15, 0.2) is 0 Å². The van der Waals surface area contributed by atoms with E-state index in [9.17, 15) is 19.5 Å². The Morgan fingerprint density at radius 1 is 1.35 bits per heavy atom. The number of hydrogen-bond acceptors (Lipinski definition) is 7. The molecule has 1 aromatic heterocycles. The predicted octanol–water partition coefficient (Wildman–Crippen LogP) is 3.50. The summed E-state index contributed by atoms with van der Waals surface area (Å²) in [6.07, 6.45) is 3.63. The Morgan fingerprint density at radius 3 is 2.87 bits per heavy atom. The molecule has 0 aliphatic heterocycles. The monoisotopic (exact) mass is 463 g/mol. The number of thiophene rings is 1. The second kappa shape index (κ2) is 9.93. The van der Waals surface area contributed by atoms with Crippen LogP contribution < -0.4 is 10.7 Å². The number of nitrogens with one attached hydrogen (secondary N) is 2. The van der Waals surface area contributed by atoms with Crippen molar-refractivity contribution in [2.45, 2.75) is 33.1 Å². The first-order valence-corrected chi connectivity index (χ1v) is 10.9. The molecular formula is C21H22ClN3O5S. The summed E-state index contributed by atoms with van der Waals surface area (Å²) in [6.45, 7) is 4.05. The summed E-state index contributed by atoms with van der Waals surface area (Å²) in [5, 5.41) is 16.6. The number of aromatic hydroxyl groups is 1. The number of hydrazone groups is 1. The quantitative estimate of drug-likeness (QED) is 0.271. The number of phenolic OH excluding ortho intramolecular Hbond substituents is 1. The molecular weight excluding hydrogens is 442 g/mol. The van der Waals surface area contributed by atoms with Crippen molar-refractivity contribution < 1.29 is 24.2 Å². The van der Waals surface area contributed by atoms with Gasteiger partial charge in [-0.1, -0.05) is 18.5 Å². The molecule has 3 N–H and O–H groups in total. The minimum absolute atomic E-state index is 0.0793. The first kappa shape index (κ1) is 22.8. The van der Waals surface area contributed by atoms with Crippen LogP contribution in [0.15, 0.2) is 23.3 Å². The third-order valence-electron chi connectivity index (χ3n) is 4.78. The highest BCUT2D eigenvalue weighted by Gasteiger charge is 2.30. The minimum Gasteiger partial charge on any atom is -0.507 e. The topological polar surface area (TPSA) is 117 Å². The van der Waals surface area contributed by atoms with Gasteiger partial charge < -0.3 is 15.2 Å². The van der Waals surface area contributed by atoms with E-state index in [1.165, 1.54) is 35.8 Å². The summed E-state index contributed by atoms with van der Waals surface area (Å²) in [5.41, 5.74) is 3.57. The zero-order valence-corrected chi connectivity index (χ0v) is 18.6. The fourth-order valence-electron chi connectivity index (χ4n) is 3.26. The fourth-order valence-corrected chi connectivity index (χ4v) is 4.83. The normalized spacial score (nSPS) is 15.4. The van der Waals surface area contributed by atoms with Crippen molar-refractivity contribution in [1.29, 1.82) is 0 Å². The highest BCUT2D eigenvalue weighted by Crippen LogP contribution is 2.40. The van der Waals surface area contributed by atoms with Crippen LogP contribution in [0.4, 0.5) is 5.00 Å². The van der Waals surface area contributed by atoms with E-state index >= 15 is 0 Å². The molecule has 8 nitrogen and oxygen atoms in total. The van der Waals surface area contributed by atoms with Crippen LogP contribution in [0.1, 0.15) is 46.6 Å². The van der Waals surface area contributed by atoms with E-state index in [-0.39, 0.29) is 17.9 Å². The van der Waals surface area contributed by atoms with Gasteiger partial charge in [0.1, 0.15) is 10.8 Å². The van der Waals surface area contributed by atoms with Gasteiger partial charge in [-0.2, -0.15) is 5.10 Å². The molecule has 2 amide bonds. The number of ether oxygens (including phenoxy) is 1. The summed E-state index contributed by atoms with van der Waals surface area (Å²) in [7, 11) is 0. The van der Waals surface area contributed by atoms with Crippen LogP contribution in [0.25, 0.3) is 0 Å². The smallest absolute Gasteiger partial charge is 0.341 e. The number of hydrogen-bond donors (Lipinski definition) is 3. The third kappa shape index (κ3) is 5.42. The maximum absolute atomic E-state index is 12.5. The highest BCUT2D eigenvalue weighted by atomic mass is 35.5. The molecule has 10 heteroatoms. The number of halogens is 1. The number of fused-ring (bicyclic) bond motifs is 1. The molecule has 0 bridgehead atoms. The number of rotatable bonds is 5. The number of esters is 1. The lowest BCUT2D eigenvalue weighted by Crippen LogP contribution is -2.32. The number of phenols is 1. The van der Waals surface area contributed by atoms with Crippen molar-refractivity contribution in [3.63, 3.8) is 0 Å². The molecule has 0 radical (unpaired) electrons. The van der Waals surface area contributed by atoms with E-state index < -0.39 is 17.8 Å². The molecule has 164 valence electrons. The van der Waals surface area contributed by atoms with E-state index in [0.29, 0.717) is 21.5 Å². The zero-order chi connectivity index (χ0) is 22.5. The van der Waals surface area contributed by atoms with Crippen LogP contribution >= 0.6 is 22.9 Å². The second-order valence-corrected chi connectivity index (χ2v) is 8.67. The van der Waals surface area contributed by atoms with Gasteiger partial charge in [-0.05, 0) is 55.9 Å². The molecule has 1 aliphatic carbocycles. The maximum atomic E-state index is 12.5. The van der Waals surface area contributed by atoms with Gasteiger partial charge in [0.05, 0.1) is 18.4 Å². The molecule has 0 saturated heterocycles. The summed E-state index contributed by atoms with van der Waals surface area (Å²) < 4.78 is 5.15. The first-order valence-electron chi connectivity index (χ1n) is 9.74. The predicted molar refractivity (Wildman–Crippen MR) is 119 cm³/mol. The Kier molecular flexibility index (Phi) is 7.29. The van der Waals surface area contributed by atoms with Crippen LogP contribution in [-0.4, -0.2) is 35.7 Å². The summed E-state index contributed by atoms with van der Waals surface area (Å²) >= 11 is 7.14. The summed E-state index contributed by atoms with van der Waals surface area (Å²) in [6, 6.07) is 4.34. The molecule has 2 aromatic rings. The van der Waals surface area contributed by atoms with Gasteiger partial charge in [-0.15, -0.1) is 11.3 Å². The number of carbonyl (C=O) groups excluding carboxylic acids is 3. The highest BCUT2D eigenvalue weighted by molar-refractivity contribution is 7.17. The van der Waals surface area contributed by atoms with E-state index in [1.54, 1.807) is 6.92 Å². The Hall–Kier alpha value is -2.91. The Labute approximate surface area is 188 Å². The van der Waals surface area contributed by atoms with E-state index in [0.717, 1.165) is 29.7 Å². The van der Waals surface area contributed by atoms with Gasteiger partial charge >= 0.3 is 17.8 Å². The minimum atomic E-state index is -1.02. The van der Waals surface area contributed by atoms with Crippen LogP contribution in [0, 0.1) is 5.92 Å². The second-order valence-electron chi connectivity index (χ2n) is 7.13. The van der Waals surface area contributed by atoms with Crippen LogP contribution in [0.3, 0.4) is 0 Å². The van der Waals surface area contributed by atoms with Gasteiger partial charge in [0, 0.05) is 15.5 Å². The van der Waals surface area contributed by atoms with Crippen molar-refractivity contribution in [3.05, 3.63) is 44.8 Å². The molecule has 0 spiro atoms. The van der Waals surface area contributed by atoms with Crippen molar-refractivity contribution in [2.24, 2.45) is 11.0 Å². The van der Waals surface area contributed by atoms with Gasteiger partial charge in [-0.25, -0.2) is 10.2 Å². The van der Waals surface area contributed by atoms with Gasteiger partial charge in [0.25, 0.3) is 0 Å². The van der Waals surface area contributed by atoms with Crippen molar-refractivity contribution in [2.75, 3.05) is 11.9 Å². The summed E-state index contributed by atoms with van der Waals surface area (Å²) in [4.78, 5) is 38.0. The van der Waals surface area contributed by atoms with Crippen LogP contribution in [0.2, 0.25) is 5.02 Å². The third-order valence-corrected chi connectivity index (χ3v) is 6.19. The lowest BCUT2D eigenvalue weighted by molar-refractivity contribution is -0.136. The Morgan fingerprint density at radius 2 is 2.13 bits per heavy atom. The van der Waals surface area contributed by atoms with E-state index in [4.69, 9.17) is 16.3 Å². The molecule has 3 rings (SSSR count).